The number of hydrogen-bond acceptors (Lipinski definition) is 4. The van der Waals surface area contributed by atoms with E-state index in [0.717, 1.165) is 35.1 Å². The predicted octanol–water partition coefficient (Wildman–Crippen LogP) is 4.53. The maximum atomic E-state index is 13.0. The van der Waals surface area contributed by atoms with Crippen molar-refractivity contribution in [1.82, 2.24) is 19.7 Å². The molecule has 5 rings (SSSR count). The summed E-state index contributed by atoms with van der Waals surface area (Å²) >= 11 is 1.86. The molecule has 1 aliphatic heterocycles. The number of benzene rings is 1. The molecule has 144 valence electrons. The van der Waals surface area contributed by atoms with Crippen LogP contribution in [0.5, 0.6) is 0 Å². The highest BCUT2D eigenvalue weighted by Crippen LogP contribution is 2.33. The predicted molar refractivity (Wildman–Crippen MR) is 116 cm³/mol. The van der Waals surface area contributed by atoms with Gasteiger partial charge < -0.3 is 4.57 Å². The Bertz CT molecular complexity index is 1230. The summed E-state index contributed by atoms with van der Waals surface area (Å²) in [4.78, 5) is 18.2. The largest absolute Gasteiger partial charge is 0.308 e. The number of H-pyrrole nitrogens is 1. The number of aryl methyl sites for hydroxylation is 2. The molecule has 1 aromatic carbocycles. The fourth-order valence-electron chi connectivity index (χ4n) is 4.07. The van der Waals surface area contributed by atoms with Crippen LogP contribution in [0.4, 0.5) is 0 Å². The summed E-state index contributed by atoms with van der Waals surface area (Å²) in [5.41, 5.74) is 3.83. The second kappa shape index (κ2) is 6.87. The smallest absolute Gasteiger partial charge is 0.262 e. The second-order valence-electron chi connectivity index (χ2n) is 7.66. The van der Waals surface area contributed by atoms with Crippen molar-refractivity contribution in [1.29, 1.82) is 0 Å². The fourth-order valence-corrected chi connectivity index (χ4v) is 5.11. The highest BCUT2D eigenvalue weighted by Gasteiger charge is 2.17. The molecular formula is C22H24N4OS. The van der Waals surface area contributed by atoms with Crippen LogP contribution >= 0.6 is 11.3 Å². The van der Waals surface area contributed by atoms with Gasteiger partial charge in [-0.05, 0) is 62.7 Å². The lowest BCUT2D eigenvalue weighted by Crippen LogP contribution is -2.35. The molecule has 0 radical (unpaired) electrons. The molecule has 1 N–H and O–H groups in total. The zero-order valence-electron chi connectivity index (χ0n) is 16.3. The molecular weight excluding hydrogens is 368 g/mol. The molecule has 3 aromatic heterocycles. The fraction of sp³-hybridized carbons (Fsp3) is 0.364. The van der Waals surface area contributed by atoms with Gasteiger partial charge in [0.25, 0.3) is 5.56 Å². The van der Waals surface area contributed by atoms with E-state index in [0.29, 0.717) is 11.9 Å². The number of aromatic amines is 1. The average molecular weight is 393 g/mol. The van der Waals surface area contributed by atoms with E-state index in [4.69, 9.17) is 0 Å². The summed E-state index contributed by atoms with van der Waals surface area (Å²) in [6, 6.07) is 10.9. The van der Waals surface area contributed by atoms with E-state index < -0.39 is 0 Å². The van der Waals surface area contributed by atoms with Crippen LogP contribution in [-0.2, 0) is 13.1 Å². The summed E-state index contributed by atoms with van der Waals surface area (Å²) in [6.45, 7) is 8.23. The molecule has 0 unspecified atom stereocenters. The molecule has 28 heavy (non-hydrogen) atoms. The first-order chi connectivity index (χ1) is 13.7. The molecule has 4 aromatic rings. The quantitative estimate of drug-likeness (QED) is 0.543. The molecule has 0 aliphatic carbocycles. The van der Waals surface area contributed by atoms with Crippen LogP contribution in [0.1, 0.15) is 30.3 Å². The van der Waals surface area contributed by atoms with Gasteiger partial charge in [-0.2, -0.15) is 5.10 Å². The maximum absolute atomic E-state index is 13.0. The van der Waals surface area contributed by atoms with Gasteiger partial charge >= 0.3 is 0 Å². The summed E-state index contributed by atoms with van der Waals surface area (Å²) in [5.74, 6) is 0. The van der Waals surface area contributed by atoms with E-state index in [2.05, 4.69) is 52.4 Å². The zero-order chi connectivity index (χ0) is 19.3. The van der Waals surface area contributed by atoms with Gasteiger partial charge in [0.15, 0.2) is 0 Å². The van der Waals surface area contributed by atoms with Gasteiger partial charge in [-0.3, -0.25) is 14.8 Å². The van der Waals surface area contributed by atoms with Crippen molar-refractivity contribution in [3.63, 3.8) is 0 Å². The van der Waals surface area contributed by atoms with Crippen molar-refractivity contribution in [3.8, 4) is 10.4 Å². The van der Waals surface area contributed by atoms with Crippen LogP contribution in [-0.4, -0.2) is 32.8 Å². The van der Waals surface area contributed by atoms with E-state index in [9.17, 15) is 4.79 Å². The van der Waals surface area contributed by atoms with Gasteiger partial charge in [0.05, 0.1) is 10.9 Å². The third-order valence-corrected chi connectivity index (χ3v) is 6.79. The number of likely N-dealkylation sites (tertiary alicyclic amines) is 1. The number of aromatic nitrogens is 3. The lowest BCUT2D eigenvalue weighted by Gasteiger charge is -2.29. The average Bonchev–Trinajstić information content (AvgIpc) is 3.28. The Morgan fingerprint density at radius 2 is 2.07 bits per heavy atom. The third kappa shape index (κ3) is 2.79. The summed E-state index contributed by atoms with van der Waals surface area (Å²) < 4.78 is 1.90. The SMILES string of the molecule is CCCn1c(=O)c2c(C)[nH]nc2c2cc(-c3ccc(CN4CCC4)s3)ccc21. The van der Waals surface area contributed by atoms with E-state index in [1.165, 1.54) is 34.8 Å². The van der Waals surface area contributed by atoms with Crippen LogP contribution in [0.2, 0.25) is 0 Å². The van der Waals surface area contributed by atoms with Gasteiger partial charge in [0, 0.05) is 33.9 Å². The van der Waals surface area contributed by atoms with Crippen LogP contribution in [0, 0.1) is 6.92 Å². The van der Waals surface area contributed by atoms with E-state index in [-0.39, 0.29) is 5.56 Å². The van der Waals surface area contributed by atoms with Crippen LogP contribution in [0.15, 0.2) is 35.1 Å². The highest BCUT2D eigenvalue weighted by molar-refractivity contribution is 7.15. The monoisotopic (exact) mass is 392 g/mol. The second-order valence-corrected chi connectivity index (χ2v) is 8.82. The van der Waals surface area contributed by atoms with Crippen molar-refractivity contribution in [2.75, 3.05) is 13.1 Å². The molecule has 0 saturated carbocycles. The van der Waals surface area contributed by atoms with Crippen molar-refractivity contribution in [3.05, 3.63) is 51.3 Å². The number of nitrogens with zero attached hydrogens (tertiary/aromatic N) is 3. The number of thiophene rings is 1. The first-order valence-electron chi connectivity index (χ1n) is 9.98. The van der Waals surface area contributed by atoms with Crippen LogP contribution in [0.3, 0.4) is 0 Å². The topological polar surface area (TPSA) is 53.9 Å². The lowest BCUT2D eigenvalue weighted by molar-refractivity contribution is 0.174. The summed E-state index contributed by atoms with van der Waals surface area (Å²) in [5, 5.41) is 9.23. The van der Waals surface area contributed by atoms with Gasteiger partial charge in [-0.1, -0.05) is 13.0 Å². The summed E-state index contributed by atoms with van der Waals surface area (Å²) in [6.07, 6.45) is 2.24. The number of hydrogen-bond donors (Lipinski definition) is 1. The lowest BCUT2D eigenvalue weighted by atomic mass is 10.1. The molecule has 1 fully saturated rings. The minimum absolute atomic E-state index is 0.0521. The minimum Gasteiger partial charge on any atom is -0.308 e. The van der Waals surface area contributed by atoms with E-state index in [1.807, 2.05) is 22.8 Å². The molecule has 0 bridgehead atoms. The summed E-state index contributed by atoms with van der Waals surface area (Å²) in [7, 11) is 0. The Labute approximate surface area is 167 Å². The molecule has 6 heteroatoms. The van der Waals surface area contributed by atoms with Gasteiger partial charge in [-0.15, -0.1) is 11.3 Å². The van der Waals surface area contributed by atoms with Crippen molar-refractivity contribution in [2.45, 2.75) is 39.8 Å². The van der Waals surface area contributed by atoms with Crippen molar-refractivity contribution >= 4 is 33.1 Å². The first-order valence-corrected chi connectivity index (χ1v) is 10.8. The Morgan fingerprint density at radius 1 is 1.21 bits per heavy atom. The van der Waals surface area contributed by atoms with Crippen molar-refractivity contribution < 1.29 is 0 Å². The number of nitrogens with one attached hydrogen (secondary N) is 1. The molecule has 0 spiro atoms. The normalized spacial score (nSPS) is 14.8. The number of pyridine rings is 1. The molecule has 1 saturated heterocycles. The number of fused-ring (bicyclic) bond motifs is 3. The van der Waals surface area contributed by atoms with Crippen molar-refractivity contribution in [2.24, 2.45) is 0 Å². The Kier molecular flexibility index (Phi) is 4.33. The van der Waals surface area contributed by atoms with Crippen LogP contribution in [0.25, 0.3) is 32.2 Å². The van der Waals surface area contributed by atoms with E-state index >= 15 is 0 Å². The molecule has 1 aliphatic rings. The standard InChI is InChI=1S/C22H24N4OS/c1-3-9-26-18-7-5-15(19-8-6-16(28-19)13-25-10-4-11-25)12-17(18)21-20(22(26)27)14(2)23-24-21/h5-8,12H,3-4,9-11,13H2,1-2H3,(H,23,24). The zero-order valence-corrected chi connectivity index (χ0v) is 17.1. The Morgan fingerprint density at radius 3 is 2.82 bits per heavy atom. The Hall–Kier alpha value is -2.44. The van der Waals surface area contributed by atoms with Gasteiger partial charge in [-0.25, -0.2) is 0 Å². The third-order valence-electron chi connectivity index (χ3n) is 5.67. The molecule has 4 heterocycles. The van der Waals surface area contributed by atoms with Gasteiger partial charge in [0.2, 0.25) is 0 Å². The first kappa shape index (κ1) is 17.6. The van der Waals surface area contributed by atoms with Crippen LogP contribution < -0.4 is 5.56 Å². The van der Waals surface area contributed by atoms with E-state index in [1.54, 1.807) is 0 Å². The van der Waals surface area contributed by atoms with Gasteiger partial charge in [0.1, 0.15) is 5.52 Å². The number of rotatable bonds is 5. The minimum atomic E-state index is 0.0521. The molecule has 0 amide bonds. The highest BCUT2D eigenvalue weighted by atomic mass is 32.1. The Balaban J connectivity index is 1.65. The maximum Gasteiger partial charge on any atom is 0.262 e. The molecule has 0 atom stereocenters. The molecule has 5 nitrogen and oxygen atoms in total.